The van der Waals surface area contributed by atoms with Crippen LogP contribution in [0.3, 0.4) is 0 Å². The third kappa shape index (κ3) is 5.32. The van der Waals surface area contributed by atoms with Gasteiger partial charge in [-0.25, -0.2) is 9.78 Å². The molecule has 35 heavy (non-hydrogen) atoms. The summed E-state index contributed by atoms with van der Waals surface area (Å²) in [4.78, 5) is 28.9. The Bertz CT molecular complexity index is 1430. The molecule has 0 aliphatic heterocycles. The average molecular weight is 478 g/mol. The lowest BCUT2D eigenvalue weighted by molar-refractivity contribution is -0.137. The standard InChI is InChI=1S/C27H21F3N2O3/c1-3-35-26(34)24-13-17-9-10-18(11-20(17)15-31-24)23-12-19(8-7-16(23)2)25(33)32-22-6-4-5-21(14-22)27(28,29)30/h4-15H,3H2,1-2H3,(H,32,33). The summed E-state index contributed by atoms with van der Waals surface area (Å²) in [5.74, 6) is -1.01. The van der Waals surface area contributed by atoms with E-state index in [1.54, 1.807) is 37.4 Å². The zero-order chi connectivity index (χ0) is 25.2. The summed E-state index contributed by atoms with van der Waals surface area (Å²) in [7, 11) is 0. The van der Waals surface area contributed by atoms with Gasteiger partial charge in [-0.2, -0.15) is 13.2 Å². The highest BCUT2D eigenvalue weighted by Gasteiger charge is 2.30. The Hall–Kier alpha value is -4.20. The zero-order valence-electron chi connectivity index (χ0n) is 18.9. The Kier molecular flexibility index (Phi) is 6.55. The van der Waals surface area contributed by atoms with E-state index in [-0.39, 0.29) is 18.0 Å². The number of aromatic nitrogens is 1. The first-order chi connectivity index (χ1) is 16.7. The van der Waals surface area contributed by atoms with E-state index in [2.05, 4.69) is 10.3 Å². The van der Waals surface area contributed by atoms with Gasteiger partial charge in [0.2, 0.25) is 0 Å². The quantitative estimate of drug-likeness (QED) is 0.326. The Morgan fingerprint density at radius 2 is 1.77 bits per heavy atom. The fourth-order valence-electron chi connectivity index (χ4n) is 3.68. The minimum absolute atomic E-state index is 0.0566. The monoisotopic (exact) mass is 478 g/mol. The summed E-state index contributed by atoms with van der Waals surface area (Å²) >= 11 is 0. The summed E-state index contributed by atoms with van der Waals surface area (Å²) in [5, 5.41) is 4.14. The molecule has 0 spiro atoms. The highest BCUT2D eigenvalue weighted by molar-refractivity contribution is 6.05. The van der Waals surface area contributed by atoms with E-state index in [4.69, 9.17) is 4.74 Å². The Labute approximate surface area is 199 Å². The fourth-order valence-corrected chi connectivity index (χ4v) is 3.68. The van der Waals surface area contributed by atoms with Crippen LogP contribution in [0, 0.1) is 6.92 Å². The van der Waals surface area contributed by atoms with Crippen LogP contribution in [0.4, 0.5) is 18.9 Å². The number of ether oxygens (including phenoxy) is 1. The highest BCUT2D eigenvalue weighted by Crippen LogP contribution is 2.31. The van der Waals surface area contributed by atoms with Crippen LogP contribution >= 0.6 is 0 Å². The van der Waals surface area contributed by atoms with Gasteiger partial charge < -0.3 is 10.1 Å². The molecule has 178 valence electrons. The number of fused-ring (bicyclic) bond motifs is 1. The minimum Gasteiger partial charge on any atom is -0.461 e. The van der Waals surface area contributed by atoms with Gasteiger partial charge in [-0.15, -0.1) is 0 Å². The number of anilines is 1. The molecule has 0 bridgehead atoms. The van der Waals surface area contributed by atoms with E-state index in [1.165, 1.54) is 12.1 Å². The number of benzene rings is 3. The largest absolute Gasteiger partial charge is 0.461 e. The third-order valence-electron chi connectivity index (χ3n) is 5.46. The number of esters is 1. The maximum atomic E-state index is 13.0. The van der Waals surface area contributed by atoms with Gasteiger partial charge in [0.05, 0.1) is 12.2 Å². The van der Waals surface area contributed by atoms with Crippen molar-refractivity contribution in [2.75, 3.05) is 11.9 Å². The van der Waals surface area contributed by atoms with Gasteiger partial charge >= 0.3 is 12.1 Å². The number of amides is 1. The molecular weight excluding hydrogens is 457 g/mol. The maximum Gasteiger partial charge on any atom is 0.416 e. The van der Waals surface area contributed by atoms with Crippen molar-refractivity contribution in [2.24, 2.45) is 0 Å². The molecular formula is C27H21F3N2O3. The summed E-state index contributed by atoms with van der Waals surface area (Å²) in [6, 6.07) is 16.9. The Morgan fingerprint density at radius 1 is 0.971 bits per heavy atom. The van der Waals surface area contributed by atoms with Crippen molar-refractivity contribution in [3.05, 3.63) is 95.3 Å². The first-order valence-corrected chi connectivity index (χ1v) is 10.8. The van der Waals surface area contributed by atoms with Crippen LogP contribution in [0.25, 0.3) is 21.9 Å². The second-order valence-electron chi connectivity index (χ2n) is 7.91. The van der Waals surface area contributed by atoms with Crippen molar-refractivity contribution in [3.63, 3.8) is 0 Å². The number of nitrogens with zero attached hydrogens (tertiary/aromatic N) is 1. The molecule has 1 amide bonds. The number of hydrogen-bond acceptors (Lipinski definition) is 4. The lowest BCUT2D eigenvalue weighted by Crippen LogP contribution is -2.13. The van der Waals surface area contributed by atoms with Crippen LogP contribution < -0.4 is 5.32 Å². The van der Waals surface area contributed by atoms with Gasteiger partial charge in [0, 0.05) is 22.8 Å². The van der Waals surface area contributed by atoms with Crippen molar-refractivity contribution in [3.8, 4) is 11.1 Å². The van der Waals surface area contributed by atoms with Gasteiger partial charge in [-0.1, -0.05) is 24.3 Å². The van der Waals surface area contributed by atoms with E-state index in [1.807, 2.05) is 25.1 Å². The molecule has 0 fully saturated rings. The van der Waals surface area contributed by atoms with Crippen LogP contribution in [-0.4, -0.2) is 23.5 Å². The number of hydrogen-bond donors (Lipinski definition) is 1. The van der Waals surface area contributed by atoms with Gasteiger partial charge in [0.25, 0.3) is 5.91 Å². The summed E-state index contributed by atoms with van der Waals surface area (Å²) in [6.07, 6.45) is -2.91. The van der Waals surface area contributed by atoms with Gasteiger partial charge in [-0.3, -0.25) is 4.79 Å². The Morgan fingerprint density at radius 3 is 2.51 bits per heavy atom. The molecule has 1 aromatic heterocycles. The summed E-state index contributed by atoms with van der Waals surface area (Å²) in [6.45, 7) is 3.88. The smallest absolute Gasteiger partial charge is 0.416 e. The van der Waals surface area contributed by atoms with E-state index in [9.17, 15) is 22.8 Å². The number of carbonyl (C=O) groups is 2. The number of pyridine rings is 1. The molecule has 5 nitrogen and oxygen atoms in total. The van der Waals surface area contributed by atoms with Gasteiger partial charge in [0.1, 0.15) is 5.69 Å². The van der Waals surface area contributed by atoms with E-state index >= 15 is 0 Å². The van der Waals surface area contributed by atoms with Crippen LogP contribution in [0.2, 0.25) is 0 Å². The lowest BCUT2D eigenvalue weighted by atomic mass is 9.96. The first kappa shape index (κ1) is 23.9. The van der Waals surface area contributed by atoms with Crippen molar-refractivity contribution in [2.45, 2.75) is 20.0 Å². The molecule has 4 aromatic rings. The average Bonchev–Trinajstić information content (AvgIpc) is 2.83. The van der Waals surface area contributed by atoms with Crippen LogP contribution in [-0.2, 0) is 10.9 Å². The molecule has 0 saturated carbocycles. The van der Waals surface area contributed by atoms with Gasteiger partial charge in [-0.05, 0) is 78.4 Å². The molecule has 3 aromatic carbocycles. The van der Waals surface area contributed by atoms with Crippen LogP contribution in [0.5, 0.6) is 0 Å². The second kappa shape index (κ2) is 9.58. The molecule has 1 N–H and O–H groups in total. The number of carbonyl (C=O) groups excluding carboxylic acids is 2. The van der Waals surface area contributed by atoms with Gasteiger partial charge in [0.15, 0.2) is 0 Å². The second-order valence-corrected chi connectivity index (χ2v) is 7.91. The van der Waals surface area contributed by atoms with Crippen LogP contribution in [0.15, 0.2) is 72.9 Å². The molecule has 0 aliphatic carbocycles. The fraction of sp³-hybridized carbons (Fsp3) is 0.148. The normalized spacial score (nSPS) is 11.3. The topological polar surface area (TPSA) is 68.3 Å². The number of nitrogens with one attached hydrogen (secondary N) is 1. The summed E-state index contributed by atoms with van der Waals surface area (Å²) in [5.41, 5.74) is 2.27. The molecule has 0 unspecified atom stereocenters. The first-order valence-electron chi connectivity index (χ1n) is 10.8. The SMILES string of the molecule is CCOC(=O)c1cc2ccc(-c3cc(C(=O)Nc4cccc(C(F)(F)F)c4)ccc3C)cc2cn1. The number of halogens is 3. The van der Waals surface area contributed by atoms with E-state index < -0.39 is 23.6 Å². The lowest BCUT2D eigenvalue weighted by Gasteiger charge is -2.12. The zero-order valence-corrected chi connectivity index (χ0v) is 18.9. The molecule has 1 heterocycles. The number of aryl methyl sites for hydroxylation is 1. The number of alkyl halides is 3. The molecule has 8 heteroatoms. The Balaban J connectivity index is 1.62. The minimum atomic E-state index is -4.50. The molecule has 0 atom stereocenters. The molecule has 0 aliphatic rings. The predicted octanol–water partition coefficient (Wildman–Crippen LogP) is 6.66. The van der Waals surface area contributed by atoms with Crippen LogP contribution in [0.1, 0.15) is 38.9 Å². The maximum absolute atomic E-state index is 13.0. The summed E-state index contributed by atoms with van der Waals surface area (Å²) < 4.78 is 43.9. The molecule has 0 radical (unpaired) electrons. The van der Waals surface area contributed by atoms with Crippen molar-refractivity contribution in [1.82, 2.24) is 4.98 Å². The van der Waals surface area contributed by atoms with Crippen molar-refractivity contribution >= 4 is 28.3 Å². The van der Waals surface area contributed by atoms with Crippen molar-refractivity contribution in [1.29, 1.82) is 0 Å². The highest BCUT2D eigenvalue weighted by atomic mass is 19.4. The van der Waals surface area contributed by atoms with E-state index in [0.717, 1.165) is 39.6 Å². The molecule has 4 rings (SSSR count). The predicted molar refractivity (Wildman–Crippen MR) is 127 cm³/mol. The van der Waals surface area contributed by atoms with Crippen molar-refractivity contribution < 1.29 is 27.5 Å². The van der Waals surface area contributed by atoms with E-state index in [0.29, 0.717) is 5.56 Å². The third-order valence-corrected chi connectivity index (χ3v) is 5.46. The molecule has 0 saturated heterocycles. The number of rotatable bonds is 5.